The molecule has 1 saturated carbocycles. The molecule has 214 valence electrons. The number of ether oxygens (including phenoxy) is 2. The molecule has 0 spiro atoms. The number of nitrogens with zero attached hydrogens (tertiary/aromatic N) is 2. The monoisotopic (exact) mass is 549 g/mol. The third-order valence-electron chi connectivity index (χ3n) is 8.47. The minimum Gasteiger partial charge on any atom is -0.385 e. The molecule has 0 bridgehead atoms. The summed E-state index contributed by atoms with van der Waals surface area (Å²) in [4.78, 5) is 19.5. The lowest BCUT2D eigenvalue weighted by Crippen LogP contribution is -2.47. The van der Waals surface area contributed by atoms with Gasteiger partial charge in [-0.05, 0) is 94.9 Å². The fourth-order valence-corrected chi connectivity index (χ4v) is 6.46. The fourth-order valence-electron chi connectivity index (χ4n) is 6.26. The van der Waals surface area contributed by atoms with Gasteiger partial charge in [-0.2, -0.15) is 0 Å². The van der Waals surface area contributed by atoms with Gasteiger partial charge in [-0.3, -0.25) is 0 Å². The number of halogens is 1. The maximum atomic E-state index is 13.2. The van der Waals surface area contributed by atoms with Crippen LogP contribution in [0.4, 0.5) is 4.79 Å². The van der Waals surface area contributed by atoms with Gasteiger partial charge in [0.1, 0.15) is 0 Å². The van der Waals surface area contributed by atoms with Gasteiger partial charge < -0.3 is 24.8 Å². The highest BCUT2D eigenvalue weighted by molar-refractivity contribution is 6.30. The number of urea groups is 1. The summed E-state index contributed by atoms with van der Waals surface area (Å²) in [5.41, 5.74) is -0.237. The predicted molar refractivity (Wildman–Crippen MR) is 154 cm³/mol. The van der Waals surface area contributed by atoms with Gasteiger partial charge in [-0.25, -0.2) is 9.79 Å². The molecule has 0 radical (unpaired) electrons. The lowest BCUT2D eigenvalue weighted by atomic mass is 9.74. The highest BCUT2D eigenvalue weighted by Gasteiger charge is 2.41. The number of aliphatic hydroxyl groups is 1. The van der Waals surface area contributed by atoms with E-state index in [1.807, 2.05) is 42.4 Å². The number of aliphatic imine (C=N–C) groups is 1. The molecule has 2 amide bonds. The average Bonchev–Trinajstić information content (AvgIpc) is 2.94. The Hall–Kier alpha value is -1.51. The summed E-state index contributed by atoms with van der Waals surface area (Å²) < 4.78 is 10.7. The van der Waals surface area contributed by atoms with Gasteiger partial charge in [0.25, 0.3) is 0 Å². The van der Waals surface area contributed by atoms with Gasteiger partial charge in [-0.15, -0.1) is 0 Å². The fraction of sp³-hybridized carbons (Fsp3) is 0.733. The first-order chi connectivity index (χ1) is 18.4. The van der Waals surface area contributed by atoms with Crippen LogP contribution in [0.3, 0.4) is 0 Å². The van der Waals surface area contributed by atoms with E-state index in [1.54, 1.807) is 14.2 Å². The molecular formula is C30H48ClN3O4. The van der Waals surface area contributed by atoms with E-state index in [1.165, 1.54) is 12.8 Å². The van der Waals surface area contributed by atoms with E-state index in [2.05, 4.69) is 10.3 Å². The maximum Gasteiger partial charge on any atom is 0.343 e. The second kappa shape index (κ2) is 15.9. The Morgan fingerprint density at radius 2 is 2.05 bits per heavy atom. The number of rotatable bonds is 13. The van der Waals surface area contributed by atoms with E-state index in [9.17, 15) is 9.90 Å². The highest BCUT2D eigenvalue weighted by Crippen LogP contribution is 2.40. The Bertz CT molecular complexity index is 877. The molecule has 1 unspecified atom stereocenters. The smallest absolute Gasteiger partial charge is 0.343 e. The summed E-state index contributed by atoms with van der Waals surface area (Å²) in [6.45, 7) is 2.62. The van der Waals surface area contributed by atoms with Crippen molar-refractivity contribution in [3.63, 3.8) is 0 Å². The van der Waals surface area contributed by atoms with Gasteiger partial charge in [0, 0.05) is 63.5 Å². The van der Waals surface area contributed by atoms with Crippen molar-refractivity contribution < 1.29 is 19.4 Å². The van der Waals surface area contributed by atoms with Crippen molar-refractivity contribution in [1.82, 2.24) is 10.2 Å². The number of likely N-dealkylation sites (tertiary alicyclic amines) is 1. The van der Waals surface area contributed by atoms with Crippen LogP contribution in [0.1, 0.15) is 69.8 Å². The summed E-state index contributed by atoms with van der Waals surface area (Å²) in [7, 11) is 5.44. The van der Waals surface area contributed by atoms with Crippen LogP contribution in [0.25, 0.3) is 0 Å². The van der Waals surface area contributed by atoms with Crippen molar-refractivity contribution in [3.05, 3.63) is 34.9 Å². The SMILES string of the molecule is CNCC(C=NC(=O)N1CCC[C@@H]([C@@](O)(CCCCOC)c2cccc(Cl)c2)C1)CC1CCC(OC)CC1. The lowest BCUT2D eigenvalue weighted by Gasteiger charge is -2.42. The van der Waals surface area contributed by atoms with E-state index < -0.39 is 5.60 Å². The Kier molecular flexibility index (Phi) is 13.0. The molecule has 2 fully saturated rings. The molecule has 1 aromatic rings. The zero-order valence-electron chi connectivity index (χ0n) is 23.5. The van der Waals surface area contributed by atoms with Crippen molar-refractivity contribution >= 4 is 23.8 Å². The van der Waals surface area contributed by atoms with E-state index in [0.717, 1.165) is 57.1 Å². The number of carbonyl (C=O) groups excluding carboxylic acids is 1. The van der Waals surface area contributed by atoms with Crippen LogP contribution in [-0.2, 0) is 15.1 Å². The van der Waals surface area contributed by atoms with E-state index in [0.29, 0.717) is 43.2 Å². The topological polar surface area (TPSA) is 83.4 Å². The maximum absolute atomic E-state index is 13.2. The number of benzene rings is 1. The molecule has 8 heteroatoms. The third-order valence-corrected chi connectivity index (χ3v) is 8.71. The molecule has 0 aromatic heterocycles. The van der Waals surface area contributed by atoms with Crippen LogP contribution >= 0.6 is 11.6 Å². The van der Waals surface area contributed by atoms with Gasteiger partial charge in [0.05, 0.1) is 11.7 Å². The first-order valence-electron chi connectivity index (χ1n) is 14.4. The van der Waals surface area contributed by atoms with Crippen molar-refractivity contribution in [2.45, 2.75) is 75.9 Å². The number of nitrogens with one attached hydrogen (secondary N) is 1. The Balaban J connectivity index is 1.65. The summed E-state index contributed by atoms with van der Waals surface area (Å²) >= 11 is 6.31. The minimum atomic E-state index is -1.06. The Labute approximate surface area is 234 Å². The number of amides is 2. The van der Waals surface area contributed by atoms with Crippen molar-refractivity contribution in [3.8, 4) is 0 Å². The normalized spacial score (nSPS) is 24.9. The first kappa shape index (κ1) is 31.0. The molecule has 2 aliphatic rings. The van der Waals surface area contributed by atoms with Crippen molar-refractivity contribution in [2.75, 3.05) is 47.5 Å². The number of hydrogen-bond acceptors (Lipinski definition) is 5. The Morgan fingerprint density at radius 1 is 1.26 bits per heavy atom. The summed E-state index contributed by atoms with van der Waals surface area (Å²) in [6.07, 6.45) is 11.8. The zero-order chi connectivity index (χ0) is 27.4. The van der Waals surface area contributed by atoms with Crippen LogP contribution in [0, 0.1) is 17.8 Å². The van der Waals surface area contributed by atoms with Gasteiger partial charge >= 0.3 is 6.03 Å². The van der Waals surface area contributed by atoms with Crippen LogP contribution < -0.4 is 5.32 Å². The highest BCUT2D eigenvalue weighted by atomic mass is 35.5. The number of unbranched alkanes of at least 4 members (excludes halogenated alkanes) is 1. The second-order valence-corrected chi connectivity index (χ2v) is 11.6. The second-order valence-electron chi connectivity index (χ2n) is 11.2. The number of methoxy groups -OCH3 is 2. The van der Waals surface area contributed by atoms with Crippen LogP contribution in [-0.4, -0.2) is 75.9 Å². The molecule has 1 heterocycles. The molecular weight excluding hydrogens is 502 g/mol. The summed E-state index contributed by atoms with van der Waals surface area (Å²) in [5, 5.41) is 15.9. The Morgan fingerprint density at radius 3 is 2.74 bits per heavy atom. The number of carbonyl (C=O) groups is 1. The van der Waals surface area contributed by atoms with Crippen molar-refractivity contribution in [1.29, 1.82) is 0 Å². The summed E-state index contributed by atoms with van der Waals surface area (Å²) in [6, 6.07) is 7.32. The predicted octanol–water partition coefficient (Wildman–Crippen LogP) is 5.68. The van der Waals surface area contributed by atoms with E-state index >= 15 is 0 Å². The molecule has 1 aliphatic carbocycles. The molecule has 1 saturated heterocycles. The standard InChI is InChI=1S/C30H48ClN3O4/c1-32-20-24(18-23-11-13-28(38-3)14-12-23)21-33-29(35)34-16-7-9-26(22-34)30(36,15-4-5-17-37-2)25-8-6-10-27(31)19-25/h6,8,10,19,21,23-24,26,28,32,36H,4-5,7,9,11-18,20,22H2,1-3H3/t23?,24?,26-,28?,30-/m1/s1. The molecule has 1 aromatic carbocycles. The number of piperidine rings is 1. The molecule has 3 rings (SSSR count). The van der Waals surface area contributed by atoms with Gasteiger partial charge in [0.15, 0.2) is 0 Å². The zero-order valence-corrected chi connectivity index (χ0v) is 24.3. The van der Waals surface area contributed by atoms with Crippen molar-refractivity contribution in [2.24, 2.45) is 22.7 Å². The molecule has 1 aliphatic heterocycles. The third kappa shape index (κ3) is 9.02. The summed E-state index contributed by atoms with van der Waals surface area (Å²) in [5.74, 6) is 0.782. The molecule has 3 atom stereocenters. The average molecular weight is 550 g/mol. The van der Waals surface area contributed by atoms with Crippen LogP contribution in [0.2, 0.25) is 5.02 Å². The van der Waals surface area contributed by atoms with Crippen LogP contribution in [0.5, 0.6) is 0 Å². The van der Waals surface area contributed by atoms with E-state index in [4.69, 9.17) is 21.1 Å². The molecule has 2 N–H and O–H groups in total. The first-order valence-corrected chi connectivity index (χ1v) is 14.7. The lowest BCUT2D eigenvalue weighted by molar-refractivity contribution is -0.0558. The van der Waals surface area contributed by atoms with Gasteiger partial charge in [-0.1, -0.05) is 23.7 Å². The van der Waals surface area contributed by atoms with Gasteiger partial charge in [0.2, 0.25) is 0 Å². The largest absolute Gasteiger partial charge is 0.385 e. The molecule has 7 nitrogen and oxygen atoms in total. The van der Waals surface area contributed by atoms with Crippen LogP contribution in [0.15, 0.2) is 29.3 Å². The minimum absolute atomic E-state index is 0.0829. The van der Waals surface area contributed by atoms with E-state index in [-0.39, 0.29) is 17.9 Å². The number of hydrogen-bond donors (Lipinski definition) is 2. The molecule has 38 heavy (non-hydrogen) atoms. The quantitative estimate of drug-likeness (QED) is 0.244.